The van der Waals surface area contributed by atoms with E-state index in [1.54, 1.807) is 12.3 Å². The molecule has 1 aromatic rings. The van der Waals surface area contributed by atoms with Crippen LogP contribution in [0.2, 0.25) is 0 Å². The van der Waals surface area contributed by atoms with Crippen LogP contribution in [0.4, 0.5) is 5.82 Å². The molecule has 3 unspecified atom stereocenters. The third-order valence-corrected chi connectivity index (χ3v) is 8.01. The molecule has 5 atom stereocenters. The Morgan fingerprint density at radius 3 is 2.52 bits per heavy atom. The Morgan fingerprint density at radius 1 is 1.09 bits per heavy atom. The molecule has 0 aliphatic heterocycles. The molecule has 0 aromatic carbocycles. The van der Waals surface area contributed by atoms with Crippen molar-refractivity contribution in [3.05, 3.63) is 23.9 Å². The van der Waals surface area contributed by atoms with E-state index in [1.165, 1.54) is 38.5 Å². The second-order valence-electron chi connectivity index (χ2n) is 10.4. The van der Waals surface area contributed by atoms with Crippen LogP contribution in [0.25, 0.3) is 0 Å². The number of amides is 2. The van der Waals surface area contributed by atoms with Gasteiger partial charge in [-0.25, -0.2) is 4.98 Å². The summed E-state index contributed by atoms with van der Waals surface area (Å²) in [5, 5.41) is 6.14. The monoisotopic (exact) mass is 457 g/mol. The molecule has 2 aliphatic rings. The van der Waals surface area contributed by atoms with E-state index in [9.17, 15) is 9.59 Å². The molecule has 2 fully saturated rings. The van der Waals surface area contributed by atoms with Gasteiger partial charge in [-0.05, 0) is 70.0 Å². The van der Waals surface area contributed by atoms with Gasteiger partial charge in [0.1, 0.15) is 11.9 Å². The number of pyridine rings is 1. The molecule has 33 heavy (non-hydrogen) atoms. The highest BCUT2D eigenvalue weighted by Gasteiger charge is 2.37. The number of rotatable bonds is 9. The van der Waals surface area contributed by atoms with Gasteiger partial charge in [-0.3, -0.25) is 14.5 Å². The van der Waals surface area contributed by atoms with E-state index >= 15 is 0 Å². The lowest BCUT2D eigenvalue weighted by molar-refractivity contribution is -0.132. The van der Waals surface area contributed by atoms with Gasteiger partial charge in [0, 0.05) is 18.8 Å². The zero-order chi connectivity index (χ0) is 24.0. The van der Waals surface area contributed by atoms with Crippen LogP contribution in [0.3, 0.4) is 0 Å². The largest absolute Gasteiger partial charge is 0.384 e. The van der Waals surface area contributed by atoms with Gasteiger partial charge in [-0.2, -0.15) is 0 Å². The van der Waals surface area contributed by atoms with Crippen molar-refractivity contribution in [2.45, 2.75) is 96.8 Å². The summed E-state index contributed by atoms with van der Waals surface area (Å²) >= 11 is 0. The fraction of sp³-hybridized carbons (Fsp3) is 0.731. The number of nitrogens with zero attached hydrogens (tertiary/aromatic N) is 2. The van der Waals surface area contributed by atoms with Gasteiger partial charge in [0.15, 0.2) is 0 Å². The van der Waals surface area contributed by atoms with Gasteiger partial charge in [-0.1, -0.05) is 44.6 Å². The second-order valence-corrected chi connectivity index (χ2v) is 10.4. The SMILES string of the molecule is CC(C)N(C)[C@@H](C)C(=O)NC(CC1CCCC2CCCC[C@@H]21)C(=O)NCc1ccc(N)nc1. The zero-order valence-corrected chi connectivity index (χ0v) is 20.8. The molecular formula is C26H43N5O2. The molecule has 0 saturated heterocycles. The van der Waals surface area contributed by atoms with Gasteiger partial charge < -0.3 is 16.4 Å². The van der Waals surface area contributed by atoms with Crippen molar-refractivity contribution in [1.29, 1.82) is 0 Å². The maximum absolute atomic E-state index is 13.3. The molecule has 7 nitrogen and oxygen atoms in total. The first kappa shape index (κ1) is 25.5. The Kier molecular flexibility index (Phi) is 9.12. The Bertz CT molecular complexity index is 779. The summed E-state index contributed by atoms with van der Waals surface area (Å²) in [5.41, 5.74) is 6.56. The maximum atomic E-state index is 13.3. The number of fused-ring (bicyclic) bond motifs is 1. The zero-order valence-electron chi connectivity index (χ0n) is 20.8. The number of nitrogens with two attached hydrogens (primary N) is 1. The van der Waals surface area contributed by atoms with Crippen LogP contribution >= 0.6 is 0 Å². The minimum atomic E-state index is -0.520. The van der Waals surface area contributed by atoms with E-state index in [0.717, 1.165) is 24.3 Å². The minimum absolute atomic E-state index is 0.0866. The molecule has 0 bridgehead atoms. The van der Waals surface area contributed by atoms with Gasteiger partial charge in [0.25, 0.3) is 0 Å². The number of aromatic nitrogens is 1. The van der Waals surface area contributed by atoms with Crippen LogP contribution in [0.15, 0.2) is 18.3 Å². The summed E-state index contributed by atoms with van der Waals surface area (Å²) in [4.78, 5) is 32.5. The van der Waals surface area contributed by atoms with Gasteiger partial charge >= 0.3 is 0 Å². The summed E-state index contributed by atoms with van der Waals surface area (Å²) in [6.07, 6.45) is 11.3. The Hall–Kier alpha value is -2.15. The number of hydrogen-bond acceptors (Lipinski definition) is 5. The van der Waals surface area contributed by atoms with Crippen molar-refractivity contribution in [2.75, 3.05) is 12.8 Å². The Balaban J connectivity index is 1.69. The number of carbonyl (C=O) groups is 2. The molecule has 7 heteroatoms. The van der Waals surface area contributed by atoms with Crippen molar-refractivity contribution in [2.24, 2.45) is 17.8 Å². The van der Waals surface area contributed by atoms with E-state index in [1.807, 2.05) is 24.9 Å². The topological polar surface area (TPSA) is 100 Å². The predicted molar refractivity (Wildman–Crippen MR) is 132 cm³/mol. The molecule has 2 aliphatic carbocycles. The molecule has 0 spiro atoms. The van der Waals surface area contributed by atoms with E-state index in [2.05, 4.69) is 29.5 Å². The lowest BCUT2D eigenvalue weighted by atomic mass is 9.64. The number of likely N-dealkylation sites (N-methyl/N-ethyl adjacent to an activating group) is 1. The highest BCUT2D eigenvalue weighted by Crippen LogP contribution is 2.45. The van der Waals surface area contributed by atoms with Crippen molar-refractivity contribution < 1.29 is 9.59 Å². The second kappa shape index (κ2) is 11.8. The number of hydrogen-bond donors (Lipinski definition) is 3. The van der Waals surface area contributed by atoms with Crippen molar-refractivity contribution in [3.8, 4) is 0 Å². The number of carbonyl (C=O) groups excluding carboxylic acids is 2. The van der Waals surface area contributed by atoms with Crippen LogP contribution in [-0.4, -0.2) is 46.9 Å². The van der Waals surface area contributed by atoms with Crippen molar-refractivity contribution in [3.63, 3.8) is 0 Å². The van der Waals surface area contributed by atoms with E-state index in [-0.39, 0.29) is 23.9 Å². The summed E-state index contributed by atoms with van der Waals surface area (Å²) in [5.74, 6) is 2.24. The smallest absolute Gasteiger partial charge is 0.242 e. The first-order chi connectivity index (χ1) is 15.8. The maximum Gasteiger partial charge on any atom is 0.242 e. The van der Waals surface area contributed by atoms with Crippen LogP contribution in [0.5, 0.6) is 0 Å². The first-order valence-electron chi connectivity index (χ1n) is 12.8. The molecule has 0 radical (unpaired) electrons. The highest BCUT2D eigenvalue weighted by atomic mass is 16.2. The molecule has 4 N–H and O–H groups in total. The average Bonchev–Trinajstić information content (AvgIpc) is 2.82. The normalized spacial score (nSPS) is 24.7. The fourth-order valence-corrected chi connectivity index (χ4v) is 5.68. The molecule has 2 amide bonds. The Labute approximate surface area is 199 Å². The quantitative estimate of drug-likeness (QED) is 0.527. The third kappa shape index (κ3) is 6.92. The number of nitrogens with one attached hydrogen (secondary N) is 2. The van der Waals surface area contributed by atoms with Gasteiger partial charge in [-0.15, -0.1) is 0 Å². The van der Waals surface area contributed by atoms with E-state index in [0.29, 0.717) is 24.2 Å². The lowest BCUT2D eigenvalue weighted by Gasteiger charge is -2.42. The molecule has 184 valence electrons. The van der Waals surface area contributed by atoms with Crippen molar-refractivity contribution in [1.82, 2.24) is 20.5 Å². The van der Waals surface area contributed by atoms with Crippen LogP contribution in [-0.2, 0) is 16.1 Å². The van der Waals surface area contributed by atoms with Gasteiger partial charge in [0.2, 0.25) is 11.8 Å². The molecule has 3 rings (SSSR count). The average molecular weight is 458 g/mol. The molecule has 1 aromatic heterocycles. The summed E-state index contributed by atoms with van der Waals surface area (Å²) < 4.78 is 0. The lowest BCUT2D eigenvalue weighted by Crippen LogP contribution is -2.54. The van der Waals surface area contributed by atoms with Crippen molar-refractivity contribution >= 4 is 17.6 Å². The summed E-state index contributed by atoms with van der Waals surface area (Å²) in [6, 6.07) is 3.03. The molecular weight excluding hydrogens is 414 g/mol. The van der Waals surface area contributed by atoms with Crippen LogP contribution in [0.1, 0.15) is 77.7 Å². The summed E-state index contributed by atoms with van der Waals surface area (Å²) in [6.45, 7) is 6.42. The highest BCUT2D eigenvalue weighted by molar-refractivity contribution is 5.89. The standard InChI is InChI=1S/C26H43N5O2/c1-17(2)31(4)18(3)25(32)30-23(26(33)29-16-19-12-13-24(27)28-15-19)14-21-10-7-9-20-8-5-6-11-22(20)21/h12-13,15,17-18,20-23H,5-11,14,16H2,1-4H3,(H2,27,28)(H,29,33)(H,30,32)/t18-,20?,21?,22-,23?/m0/s1. The summed E-state index contributed by atoms with van der Waals surface area (Å²) in [7, 11) is 1.95. The van der Waals surface area contributed by atoms with Crippen LogP contribution < -0.4 is 16.4 Å². The number of anilines is 1. The molecule has 2 saturated carbocycles. The van der Waals surface area contributed by atoms with E-state index < -0.39 is 6.04 Å². The predicted octanol–water partition coefficient (Wildman–Crippen LogP) is 3.49. The third-order valence-electron chi connectivity index (χ3n) is 8.01. The van der Waals surface area contributed by atoms with Gasteiger partial charge in [0.05, 0.1) is 6.04 Å². The van der Waals surface area contributed by atoms with Crippen LogP contribution in [0, 0.1) is 17.8 Å². The minimum Gasteiger partial charge on any atom is -0.384 e. The number of nitrogen functional groups attached to an aromatic ring is 1. The Morgan fingerprint density at radius 2 is 1.82 bits per heavy atom. The molecule has 1 heterocycles. The fourth-order valence-electron chi connectivity index (χ4n) is 5.68. The first-order valence-corrected chi connectivity index (χ1v) is 12.8. The van der Waals surface area contributed by atoms with E-state index in [4.69, 9.17) is 5.73 Å².